The van der Waals surface area contributed by atoms with E-state index in [-0.39, 0.29) is 32.7 Å². The van der Waals surface area contributed by atoms with Crippen LogP contribution in [0.25, 0.3) is 33.9 Å². The van der Waals surface area contributed by atoms with Gasteiger partial charge in [0, 0.05) is 62.2 Å². The minimum atomic E-state index is 0. The predicted octanol–water partition coefficient (Wildman–Crippen LogP) is 3.87. The fourth-order valence-electron chi connectivity index (χ4n) is 2.36. The summed E-state index contributed by atoms with van der Waals surface area (Å²) >= 11 is 0. The van der Waals surface area contributed by atoms with Crippen LogP contribution in [0.4, 0.5) is 0 Å². The third-order valence-corrected chi connectivity index (χ3v) is 3.55. The van der Waals surface area contributed by atoms with Crippen molar-refractivity contribution >= 4 is 0 Å². The summed E-state index contributed by atoms with van der Waals surface area (Å²) in [6.07, 6.45) is 8.22. The normalized spacial score (nSPS) is 10.1. The van der Waals surface area contributed by atoms with Crippen LogP contribution in [0.5, 0.6) is 0 Å². The van der Waals surface area contributed by atoms with Crippen LogP contribution in [0.2, 0.25) is 0 Å². The molecule has 0 N–H and O–H groups in total. The molecular weight excluding hydrogens is 385 g/mol. The van der Waals surface area contributed by atoms with Gasteiger partial charge in [-0.15, -0.1) is 12.3 Å². The molecule has 0 aliphatic heterocycles. The Kier molecular flexibility index (Phi) is 5.74. The molecule has 0 aliphatic rings. The van der Waals surface area contributed by atoms with Gasteiger partial charge in [-0.1, -0.05) is 12.1 Å². The van der Waals surface area contributed by atoms with Crippen LogP contribution in [0.3, 0.4) is 0 Å². The van der Waals surface area contributed by atoms with E-state index in [2.05, 4.69) is 32.2 Å². The molecule has 4 aromatic rings. The zero-order chi connectivity index (χ0) is 16.2. The van der Waals surface area contributed by atoms with E-state index in [1.165, 1.54) is 0 Å². The molecule has 4 rings (SSSR count). The van der Waals surface area contributed by atoms with E-state index in [9.17, 15) is 0 Å². The van der Waals surface area contributed by atoms with Gasteiger partial charge in [-0.2, -0.15) is 12.1 Å². The van der Waals surface area contributed by atoms with Crippen molar-refractivity contribution in [2.75, 3.05) is 0 Å². The Hall–Kier alpha value is -2.30. The van der Waals surface area contributed by atoms with Crippen LogP contribution in [-0.2, 0) is 32.7 Å². The van der Waals surface area contributed by atoms with Gasteiger partial charge in [-0.3, -0.25) is 20.5 Å². The van der Waals surface area contributed by atoms with Gasteiger partial charge in [0.15, 0.2) is 0 Å². The van der Waals surface area contributed by atoms with Crippen molar-refractivity contribution in [1.82, 2.24) is 19.9 Å². The summed E-state index contributed by atoms with van der Waals surface area (Å²) in [6, 6.07) is 20.5. The molecule has 117 valence electrons. The summed E-state index contributed by atoms with van der Waals surface area (Å²) < 4.78 is 0. The van der Waals surface area contributed by atoms with Crippen molar-refractivity contribution in [2.45, 2.75) is 0 Å². The molecule has 0 aliphatic carbocycles. The van der Waals surface area contributed by atoms with Crippen LogP contribution in [0, 0.1) is 12.3 Å². The molecule has 0 unspecified atom stereocenters. The maximum atomic E-state index is 4.38. The molecule has 0 aromatic carbocycles. The van der Waals surface area contributed by atoms with E-state index in [1.54, 1.807) is 18.6 Å². The zero-order valence-electron chi connectivity index (χ0n) is 13.3. The fraction of sp³-hybridized carbons (Fsp3) is 0. The van der Waals surface area contributed by atoms with Crippen molar-refractivity contribution in [3.05, 3.63) is 85.5 Å². The molecule has 0 bridgehead atoms. The Balaban J connectivity index is 0.00000182. The third kappa shape index (κ3) is 4.03. The van der Waals surface area contributed by atoms with Crippen LogP contribution >= 0.6 is 0 Å². The first-order chi connectivity index (χ1) is 11.9. The molecule has 5 heteroatoms. The number of hydrogen-bond acceptors (Lipinski definition) is 4. The molecule has 1 radical (unpaired) electrons. The third-order valence-electron chi connectivity index (χ3n) is 3.55. The minimum Gasteiger partial charge on any atom is -0.364 e. The average Bonchev–Trinajstić information content (AvgIpc) is 2.70. The minimum absolute atomic E-state index is 0. The van der Waals surface area contributed by atoms with Crippen molar-refractivity contribution in [2.24, 2.45) is 0 Å². The summed E-state index contributed by atoms with van der Waals surface area (Å²) in [5.74, 6) is 0. The van der Waals surface area contributed by atoms with E-state index in [1.807, 2.05) is 54.6 Å². The summed E-state index contributed by atoms with van der Waals surface area (Å²) in [4.78, 5) is 17.3. The Labute approximate surface area is 171 Å². The fourth-order valence-corrected chi connectivity index (χ4v) is 2.36. The number of hydrogen-bond donors (Lipinski definition) is 0. The molecule has 0 atom stereocenters. The van der Waals surface area contributed by atoms with Gasteiger partial charge in [0.2, 0.25) is 0 Å². The number of rotatable bonds is 3. The molecule has 4 heterocycles. The van der Waals surface area contributed by atoms with E-state index in [0.717, 1.165) is 33.9 Å². The molecule has 0 saturated heterocycles. The topological polar surface area (TPSA) is 51.6 Å². The zero-order valence-corrected chi connectivity index (χ0v) is 16.1. The van der Waals surface area contributed by atoms with Crippen LogP contribution in [0.15, 0.2) is 73.2 Å². The van der Waals surface area contributed by atoms with Crippen LogP contribution in [0.1, 0.15) is 0 Å². The van der Waals surface area contributed by atoms with Gasteiger partial charge in [-0.25, -0.2) is 11.6 Å². The Morgan fingerprint density at radius 3 is 1.96 bits per heavy atom. The van der Waals surface area contributed by atoms with Gasteiger partial charge in [0.05, 0.1) is 5.69 Å². The first-order valence-electron chi connectivity index (χ1n) is 7.50. The molecular formula is C20H12N4Y-2. The first kappa shape index (κ1) is 17.5. The maximum Gasteiger partial charge on any atom is 0.0753 e. The predicted molar refractivity (Wildman–Crippen MR) is 91.6 cm³/mol. The molecule has 0 spiro atoms. The van der Waals surface area contributed by atoms with Crippen molar-refractivity contribution in [3.63, 3.8) is 0 Å². The first-order valence-corrected chi connectivity index (χ1v) is 7.50. The quantitative estimate of drug-likeness (QED) is 0.493. The number of aromatic nitrogens is 4. The monoisotopic (exact) mass is 397 g/mol. The molecule has 0 saturated carbocycles. The average molecular weight is 397 g/mol. The number of pyridine rings is 4. The molecule has 4 nitrogen and oxygen atoms in total. The summed E-state index contributed by atoms with van der Waals surface area (Å²) in [5, 5.41) is 0. The maximum absolute atomic E-state index is 4.38. The van der Waals surface area contributed by atoms with Crippen LogP contribution in [-0.4, -0.2) is 19.9 Å². The molecule has 25 heavy (non-hydrogen) atoms. The van der Waals surface area contributed by atoms with Gasteiger partial charge in [0.25, 0.3) is 0 Å². The summed E-state index contributed by atoms with van der Waals surface area (Å²) in [6.45, 7) is 0. The standard InChI is InChI=1S/C20H12N4.Y/c1-3-10-21-17(5-1)19-8-7-16(14-24-19)15-9-12-23-20(13-15)18-6-2-4-11-22-18;/h1-8,10-13H;/q-2;. The Morgan fingerprint density at radius 1 is 0.640 bits per heavy atom. The van der Waals surface area contributed by atoms with Gasteiger partial charge < -0.3 is 4.98 Å². The van der Waals surface area contributed by atoms with Gasteiger partial charge >= 0.3 is 0 Å². The summed E-state index contributed by atoms with van der Waals surface area (Å²) in [5.41, 5.74) is 4.98. The largest absolute Gasteiger partial charge is 0.364 e. The Morgan fingerprint density at radius 2 is 1.36 bits per heavy atom. The van der Waals surface area contributed by atoms with E-state index < -0.39 is 0 Å². The second-order valence-corrected chi connectivity index (χ2v) is 5.13. The van der Waals surface area contributed by atoms with Gasteiger partial charge in [0.1, 0.15) is 0 Å². The van der Waals surface area contributed by atoms with E-state index in [4.69, 9.17) is 0 Å². The smallest absolute Gasteiger partial charge is 0.0753 e. The van der Waals surface area contributed by atoms with E-state index in [0.29, 0.717) is 0 Å². The summed E-state index contributed by atoms with van der Waals surface area (Å²) in [7, 11) is 0. The second kappa shape index (κ2) is 8.19. The molecule has 0 fully saturated rings. The van der Waals surface area contributed by atoms with Crippen molar-refractivity contribution < 1.29 is 32.7 Å². The number of nitrogens with zero attached hydrogens (tertiary/aromatic N) is 4. The Bertz CT molecular complexity index is 942. The SMILES string of the molecule is [Y].[c-]1nc(-c2ccccn2)ccc1-c1[c-]cnc(-c2ccccn2)c1. The van der Waals surface area contributed by atoms with E-state index >= 15 is 0 Å². The van der Waals surface area contributed by atoms with Crippen molar-refractivity contribution in [1.29, 1.82) is 0 Å². The molecule has 0 amide bonds. The second-order valence-electron chi connectivity index (χ2n) is 5.13. The van der Waals surface area contributed by atoms with Crippen LogP contribution < -0.4 is 0 Å². The molecule has 4 aromatic heterocycles. The van der Waals surface area contributed by atoms with Crippen molar-refractivity contribution in [3.8, 4) is 33.9 Å². The van der Waals surface area contributed by atoms with Gasteiger partial charge in [-0.05, 0) is 30.5 Å².